The summed E-state index contributed by atoms with van der Waals surface area (Å²) >= 11 is 0. The van der Waals surface area contributed by atoms with Crippen LogP contribution < -0.4 is 0 Å². The predicted molar refractivity (Wildman–Crippen MR) is 353 cm³/mol. The summed E-state index contributed by atoms with van der Waals surface area (Å²) in [5.41, 5.74) is 0. The molecule has 0 spiro atoms. The Balaban J connectivity index is 4.22. The molecule has 6 heteroatoms. The molecule has 0 saturated heterocycles. The van der Waals surface area contributed by atoms with E-state index in [1.165, 1.54) is 238 Å². The Hall–Kier alpha value is -2.89. The van der Waals surface area contributed by atoms with Crippen molar-refractivity contribution in [2.24, 2.45) is 0 Å². The molecule has 81 heavy (non-hydrogen) atoms. The molecule has 1 atom stereocenters. The van der Waals surface area contributed by atoms with Crippen molar-refractivity contribution in [1.82, 2.24) is 0 Å². The van der Waals surface area contributed by atoms with Gasteiger partial charge in [-0.1, -0.05) is 338 Å². The zero-order chi connectivity index (χ0) is 58.5. The first-order valence-corrected chi connectivity index (χ1v) is 35.8. The summed E-state index contributed by atoms with van der Waals surface area (Å²) in [5.74, 6) is -0.894. The summed E-state index contributed by atoms with van der Waals surface area (Å²) in [4.78, 5) is 38.4. The van der Waals surface area contributed by atoms with Crippen molar-refractivity contribution in [1.29, 1.82) is 0 Å². The van der Waals surface area contributed by atoms with E-state index in [1.54, 1.807) is 0 Å². The van der Waals surface area contributed by atoms with Crippen LogP contribution in [0.15, 0.2) is 60.8 Å². The van der Waals surface area contributed by atoms with Crippen molar-refractivity contribution in [3.05, 3.63) is 60.8 Å². The van der Waals surface area contributed by atoms with Gasteiger partial charge in [-0.2, -0.15) is 0 Å². The minimum absolute atomic E-state index is 0.0835. The van der Waals surface area contributed by atoms with E-state index < -0.39 is 6.10 Å². The van der Waals surface area contributed by atoms with E-state index in [-0.39, 0.29) is 31.1 Å². The zero-order valence-corrected chi connectivity index (χ0v) is 54.3. The molecule has 0 aromatic carbocycles. The molecule has 0 aliphatic heterocycles. The molecule has 0 aliphatic carbocycles. The third-order valence-electron chi connectivity index (χ3n) is 16.0. The average Bonchev–Trinajstić information content (AvgIpc) is 3.47. The molecular formula is C75H136O6. The lowest BCUT2D eigenvalue weighted by Crippen LogP contribution is -2.30. The first kappa shape index (κ1) is 78.1. The second kappa shape index (κ2) is 69.6. The van der Waals surface area contributed by atoms with Gasteiger partial charge in [0.2, 0.25) is 0 Å². The number of hydrogen-bond acceptors (Lipinski definition) is 6. The maximum atomic E-state index is 12.9. The third kappa shape index (κ3) is 67.8. The first-order chi connectivity index (χ1) is 40.0. The van der Waals surface area contributed by atoms with Crippen LogP contribution in [0, 0.1) is 0 Å². The molecule has 0 radical (unpaired) electrons. The molecule has 0 aromatic rings. The minimum Gasteiger partial charge on any atom is -0.462 e. The van der Waals surface area contributed by atoms with E-state index in [0.717, 1.165) is 103 Å². The van der Waals surface area contributed by atoms with E-state index >= 15 is 0 Å². The standard InChI is InChI=1S/C75H136O6/c1-4-7-10-13-16-19-22-25-28-31-32-33-34-35-36-37-38-39-40-41-42-43-45-47-50-53-56-59-62-65-68-74(77)80-71-72(70-79-73(76)67-64-61-58-55-52-49-46-30-27-24-21-18-15-12-9-6-3)81-75(78)69-66-63-60-57-54-51-48-44-29-26-23-20-17-14-11-8-5-2/h8,11,17,20,26,29-30,46,48,51,72H,4-7,9-10,12-16,18-19,21-25,27-28,31-45,47,49-50,52-71H2,1-3H3/b11-8-,20-17-,29-26-,46-30-,51-48-. The summed E-state index contributed by atoms with van der Waals surface area (Å²) in [5, 5.41) is 0. The van der Waals surface area contributed by atoms with Crippen LogP contribution in [0.3, 0.4) is 0 Å². The Morgan fingerprint density at radius 3 is 0.765 bits per heavy atom. The van der Waals surface area contributed by atoms with Gasteiger partial charge in [-0.05, 0) is 83.5 Å². The second-order valence-electron chi connectivity index (χ2n) is 24.1. The van der Waals surface area contributed by atoms with Crippen molar-refractivity contribution in [3.8, 4) is 0 Å². The van der Waals surface area contributed by atoms with Gasteiger partial charge in [0.25, 0.3) is 0 Å². The largest absolute Gasteiger partial charge is 0.462 e. The lowest BCUT2D eigenvalue weighted by molar-refractivity contribution is -0.167. The molecule has 0 heterocycles. The summed E-state index contributed by atoms with van der Waals surface area (Å²) < 4.78 is 17.0. The highest BCUT2D eigenvalue weighted by Gasteiger charge is 2.19. The topological polar surface area (TPSA) is 78.9 Å². The Morgan fingerprint density at radius 1 is 0.259 bits per heavy atom. The number of unbranched alkanes of at least 4 members (excludes halogenated alkanes) is 45. The average molecular weight is 1130 g/mol. The molecule has 0 fully saturated rings. The van der Waals surface area contributed by atoms with Gasteiger partial charge in [0.15, 0.2) is 6.10 Å². The maximum Gasteiger partial charge on any atom is 0.306 e. The van der Waals surface area contributed by atoms with Gasteiger partial charge in [-0.3, -0.25) is 14.4 Å². The monoisotopic (exact) mass is 1130 g/mol. The molecule has 472 valence electrons. The lowest BCUT2D eigenvalue weighted by atomic mass is 10.0. The molecule has 0 bridgehead atoms. The van der Waals surface area contributed by atoms with Crippen molar-refractivity contribution >= 4 is 17.9 Å². The highest BCUT2D eigenvalue weighted by atomic mass is 16.6. The molecule has 0 aromatic heterocycles. The van der Waals surface area contributed by atoms with Crippen LogP contribution in [0.2, 0.25) is 0 Å². The minimum atomic E-state index is -0.791. The summed E-state index contributed by atoms with van der Waals surface area (Å²) in [6, 6.07) is 0. The van der Waals surface area contributed by atoms with Gasteiger partial charge in [0.1, 0.15) is 13.2 Å². The highest BCUT2D eigenvalue weighted by molar-refractivity contribution is 5.71. The number of ether oxygens (including phenoxy) is 3. The predicted octanol–water partition coefficient (Wildman–Crippen LogP) is 24.7. The van der Waals surface area contributed by atoms with E-state index in [2.05, 4.69) is 81.5 Å². The fourth-order valence-electron chi connectivity index (χ4n) is 10.7. The summed E-state index contributed by atoms with van der Waals surface area (Å²) in [6.45, 7) is 6.56. The normalized spacial score (nSPS) is 12.4. The number of carbonyl (C=O) groups excluding carboxylic acids is 3. The SMILES string of the molecule is CC/C=C\C/C=C\C/C=C\C/C=C\CCCCCCC(=O)OC(COC(=O)CCCCCCC/C=C\CCCCCCCCC)COC(=O)CCCCCCCCCCCCCCCCCCCCCCCCCCCCCCCC. The van der Waals surface area contributed by atoms with Gasteiger partial charge in [-0.25, -0.2) is 0 Å². The number of allylic oxidation sites excluding steroid dienone is 10. The van der Waals surface area contributed by atoms with Crippen LogP contribution in [-0.2, 0) is 28.6 Å². The van der Waals surface area contributed by atoms with Crippen molar-refractivity contribution in [3.63, 3.8) is 0 Å². The van der Waals surface area contributed by atoms with Crippen LogP contribution in [0.1, 0.15) is 380 Å². The number of carbonyl (C=O) groups is 3. The Morgan fingerprint density at radius 2 is 0.481 bits per heavy atom. The van der Waals surface area contributed by atoms with Gasteiger partial charge in [0.05, 0.1) is 0 Å². The number of esters is 3. The third-order valence-corrected chi connectivity index (χ3v) is 16.0. The summed E-state index contributed by atoms with van der Waals surface area (Å²) in [6.07, 6.45) is 89.8. The van der Waals surface area contributed by atoms with Crippen molar-refractivity contribution in [2.45, 2.75) is 386 Å². The fourth-order valence-corrected chi connectivity index (χ4v) is 10.7. The van der Waals surface area contributed by atoms with Crippen LogP contribution in [0.25, 0.3) is 0 Å². The van der Waals surface area contributed by atoms with Crippen LogP contribution >= 0.6 is 0 Å². The Bertz CT molecular complexity index is 1440. The van der Waals surface area contributed by atoms with Crippen LogP contribution in [0.5, 0.6) is 0 Å². The first-order valence-electron chi connectivity index (χ1n) is 35.8. The fraction of sp³-hybridized carbons (Fsp3) is 0.827. The molecule has 0 N–H and O–H groups in total. The van der Waals surface area contributed by atoms with E-state index in [1.807, 2.05) is 0 Å². The molecule has 0 aliphatic rings. The summed E-state index contributed by atoms with van der Waals surface area (Å²) in [7, 11) is 0. The van der Waals surface area contributed by atoms with E-state index in [0.29, 0.717) is 19.3 Å². The lowest BCUT2D eigenvalue weighted by Gasteiger charge is -2.18. The van der Waals surface area contributed by atoms with E-state index in [4.69, 9.17) is 14.2 Å². The highest BCUT2D eigenvalue weighted by Crippen LogP contribution is 2.18. The number of hydrogen-bond donors (Lipinski definition) is 0. The Kier molecular flexibility index (Phi) is 67.1. The van der Waals surface area contributed by atoms with E-state index in [9.17, 15) is 14.4 Å². The molecular weight excluding hydrogens is 997 g/mol. The molecule has 0 saturated carbocycles. The molecule has 0 amide bonds. The second-order valence-corrected chi connectivity index (χ2v) is 24.1. The van der Waals surface area contributed by atoms with Crippen LogP contribution in [0.4, 0.5) is 0 Å². The van der Waals surface area contributed by atoms with Gasteiger partial charge in [0, 0.05) is 19.3 Å². The van der Waals surface area contributed by atoms with Gasteiger partial charge < -0.3 is 14.2 Å². The van der Waals surface area contributed by atoms with Crippen molar-refractivity contribution < 1.29 is 28.6 Å². The van der Waals surface area contributed by atoms with Crippen molar-refractivity contribution in [2.75, 3.05) is 13.2 Å². The smallest absolute Gasteiger partial charge is 0.306 e. The quantitative estimate of drug-likeness (QED) is 0.0261. The number of rotatable bonds is 66. The van der Waals surface area contributed by atoms with Gasteiger partial charge >= 0.3 is 17.9 Å². The zero-order valence-electron chi connectivity index (χ0n) is 54.3. The van der Waals surface area contributed by atoms with Gasteiger partial charge in [-0.15, -0.1) is 0 Å². The Labute approximate surface area is 504 Å². The van der Waals surface area contributed by atoms with Crippen LogP contribution in [-0.4, -0.2) is 37.2 Å². The molecule has 6 nitrogen and oxygen atoms in total. The molecule has 0 rings (SSSR count). The molecule has 1 unspecified atom stereocenters. The maximum absolute atomic E-state index is 12.9.